The van der Waals surface area contributed by atoms with Gasteiger partial charge >= 0.3 is 0 Å². The van der Waals surface area contributed by atoms with Gasteiger partial charge in [0, 0.05) is 6.08 Å². The molecular weight excluding hydrogens is 413 g/mol. The molecule has 0 saturated heterocycles. The van der Waals surface area contributed by atoms with E-state index in [1.165, 1.54) is 25.3 Å². The van der Waals surface area contributed by atoms with E-state index in [0.717, 1.165) is 0 Å². The average molecular weight is 432 g/mol. The van der Waals surface area contributed by atoms with E-state index in [2.05, 4.69) is 15.5 Å². The third-order valence-electron chi connectivity index (χ3n) is 3.96. The summed E-state index contributed by atoms with van der Waals surface area (Å²) in [6.07, 6.45) is 2.93. The summed E-state index contributed by atoms with van der Waals surface area (Å²) in [4.78, 5) is 16.2. The fourth-order valence-electron chi connectivity index (χ4n) is 2.61. The van der Waals surface area contributed by atoms with E-state index >= 15 is 0 Å². The third-order valence-corrected chi connectivity index (χ3v) is 4.24. The van der Waals surface area contributed by atoms with E-state index in [4.69, 9.17) is 25.6 Å². The van der Waals surface area contributed by atoms with Gasteiger partial charge < -0.3 is 19.3 Å². The lowest BCUT2D eigenvalue weighted by molar-refractivity contribution is -0.116. The van der Waals surface area contributed by atoms with Gasteiger partial charge in [0.15, 0.2) is 17.3 Å². The topological polar surface area (TPSA) is 86.5 Å². The van der Waals surface area contributed by atoms with Gasteiger partial charge in [0.05, 0.1) is 30.8 Å². The van der Waals surface area contributed by atoms with Gasteiger partial charge in [-0.15, -0.1) is 0 Å². The van der Waals surface area contributed by atoms with Crippen LogP contribution < -0.4 is 14.8 Å². The highest BCUT2D eigenvalue weighted by Gasteiger charge is 2.13. The Morgan fingerprint density at radius 3 is 2.87 bits per heavy atom. The molecule has 2 aromatic carbocycles. The van der Waals surface area contributed by atoms with Gasteiger partial charge in [0.25, 0.3) is 5.89 Å². The second kappa shape index (κ2) is 9.89. The monoisotopic (exact) mass is 431 g/mol. The molecule has 3 rings (SSSR count). The predicted molar refractivity (Wildman–Crippen MR) is 110 cm³/mol. The summed E-state index contributed by atoms with van der Waals surface area (Å²) in [5, 5.41) is 6.75. The number of aromatic nitrogens is 2. The number of amides is 1. The first-order chi connectivity index (χ1) is 14.5. The number of carbonyl (C=O) groups is 1. The first-order valence-corrected chi connectivity index (χ1v) is 9.43. The van der Waals surface area contributed by atoms with Crippen LogP contribution in [0.2, 0.25) is 5.02 Å². The second-order valence-electron chi connectivity index (χ2n) is 6.01. The minimum Gasteiger partial charge on any atom is -0.491 e. The van der Waals surface area contributed by atoms with E-state index in [0.29, 0.717) is 28.7 Å². The Kier molecular flexibility index (Phi) is 7.03. The third kappa shape index (κ3) is 5.15. The Bertz CT molecular complexity index is 1070. The molecule has 1 amide bonds. The van der Waals surface area contributed by atoms with Gasteiger partial charge in [0.1, 0.15) is 5.82 Å². The Morgan fingerprint density at radius 2 is 2.13 bits per heavy atom. The number of nitrogens with one attached hydrogen (secondary N) is 1. The minimum atomic E-state index is -0.468. The summed E-state index contributed by atoms with van der Waals surface area (Å²) >= 11 is 6.20. The van der Waals surface area contributed by atoms with E-state index in [-0.39, 0.29) is 29.7 Å². The summed E-state index contributed by atoms with van der Waals surface area (Å²) in [6.45, 7) is 2.31. The molecule has 0 fully saturated rings. The van der Waals surface area contributed by atoms with Crippen molar-refractivity contribution >= 4 is 23.6 Å². The Hall–Kier alpha value is -3.39. The van der Waals surface area contributed by atoms with Crippen molar-refractivity contribution in [3.8, 4) is 23.0 Å². The molecule has 1 heterocycles. The Morgan fingerprint density at radius 1 is 1.33 bits per heavy atom. The fourth-order valence-corrected chi connectivity index (χ4v) is 2.91. The standard InChI is InChI=1S/C21H19ClFN3O4/c1-3-29-17-11-13(10-15(22)20(17)28-2)8-9-19(27)24-12-18-25-21(30-26-18)14-6-4-5-7-16(14)23/h4-11H,3,12H2,1-2H3,(H,24,27). The molecule has 30 heavy (non-hydrogen) atoms. The molecule has 0 aliphatic heterocycles. The molecule has 7 nitrogen and oxygen atoms in total. The van der Waals surface area contributed by atoms with Crippen molar-refractivity contribution in [1.29, 1.82) is 0 Å². The fraction of sp³-hybridized carbons (Fsp3) is 0.190. The maximum atomic E-state index is 13.8. The van der Waals surface area contributed by atoms with Crippen molar-refractivity contribution in [1.82, 2.24) is 15.5 Å². The predicted octanol–water partition coefficient (Wildman–Crippen LogP) is 4.27. The zero-order valence-corrected chi connectivity index (χ0v) is 17.1. The summed E-state index contributed by atoms with van der Waals surface area (Å²) in [5.74, 6) is 0.342. The van der Waals surface area contributed by atoms with Crippen LogP contribution in [0, 0.1) is 5.82 Å². The van der Waals surface area contributed by atoms with Crippen molar-refractivity contribution in [2.45, 2.75) is 13.5 Å². The number of hydrogen-bond donors (Lipinski definition) is 1. The molecule has 1 N–H and O–H groups in total. The van der Waals surface area contributed by atoms with E-state index in [1.54, 1.807) is 30.3 Å². The highest BCUT2D eigenvalue weighted by Crippen LogP contribution is 2.36. The minimum absolute atomic E-state index is 0.0225. The highest BCUT2D eigenvalue weighted by atomic mass is 35.5. The lowest BCUT2D eigenvalue weighted by Gasteiger charge is -2.11. The first kappa shape index (κ1) is 21.3. The zero-order valence-electron chi connectivity index (χ0n) is 16.3. The first-order valence-electron chi connectivity index (χ1n) is 9.05. The summed E-state index contributed by atoms with van der Waals surface area (Å²) in [6, 6.07) is 9.44. The second-order valence-corrected chi connectivity index (χ2v) is 6.42. The smallest absolute Gasteiger partial charge is 0.260 e. The van der Waals surface area contributed by atoms with Crippen LogP contribution in [0.25, 0.3) is 17.5 Å². The number of ether oxygens (including phenoxy) is 2. The van der Waals surface area contributed by atoms with Crippen molar-refractivity contribution in [2.75, 3.05) is 13.7 Å². The number of nitrogens with zero attached hydrogens (tertiary/aromatic N) is 2. The highest BCUT2D eigenvalue weighted by molar-refractivity contribution is 6.32. The molecule has 0 bridgehead atoms. The van der Waals surface area contributed by atoms with Crippen LogP contribution in [-0.4, -0.2) is 29.8 Å². The lowest BCUT2D eigenvalue weighted by atomic mass is 10.2. The number of halogens is 2. The quantitative estimate of drug-likeness (QED) is 0.536. The summed E-state index contributed by atoms with van der Waals surface area (Å²) in [5.41, 5.74) is 0.866. The maximum Gasteiger partial charge on any atom is 0.260 e. The molecule has 1 aromatic heterocycles. The van der Waals surface area contributed by atoms with Crippen LogP contribution in [0.15, 0.2) is 47.0 Å². The van der Waals surface area contributed by atoms with E-state index in [1.807, 2.05) is 6.92 Å². The molecule has 9 heteroatoms. The summed E-state index contributed by atoms with van der Waals surface area (Å²) in [7, 11) is 1.50. The van der Waals surface area contributed by atoms with E-state index in [9.17, 15) is 9.18 Å². The van der Waals surface area contributed by atoms with Crippen LogP contribution in [0.4, 0.5) is 4.39 Å². The van der Waals surface area contributed by atoms with Gasteiger partial charge in [-0.2, -0.15) is 4.98 Å². The van der Waals surface area contributed by atoms with Crippen molar-refractivity contribution in [2.24, 2.45) is 0 Å². The van der Waals surface area contributed by atoms with Crippen molar-refractivity contribution in [3.63, 3.8) is 0 Å². The van der Waals surface area contributed by atoms with Crippen LogP contribution in [-0.2, 0) is 11.3 Å². The van der Waals surface area contributed by atoms with Crippen LogP contribution in [0.1, 0.15) is 18.3 Å². The number of methoxy groups -OCH3 is 1. The largest absolute Gasteiger partial charge is 0.491 e. The van der Waals surface area contributed by atoms with Gasteiger partial charge in [0.2, 0.25) is 5.91 Å². The van der Waals surface area contributed by atoms with Crippen molar-refractivity contribution < 1.29 is 23.2 Å². The molecular formula is C21H19ClFN3O4. The zero-order chi connectivity index (χ0) is 21.5. The molecule has 0 aliphatic carbocycles. The maximum absolute atomic E-state index is 13.8. The number of carbonyl (C=O) groups excluding carboxylic acids is 1. The molecule has 0 unspecified atom stereocenters. The van der Waals surface area contributed by atoms with Gasteiger partial charge in [-0.25, -0.2) is 4.39 Å². The van der Waals surface area contributed by atoms with Gasteiger partial charge in [-0.1, -0.05) is 28.9 Å². The average Bonchev–Trinajstić information content (AvgIpc) is 3.20. The molecule has 156 valence electrons. The SMILES string of the molecule is CCOc1cc(C=CC(=O)NCc2noc(-c3ccccc3F)n2)cc(Cl)c1OC. The number of benzene rings is 2. The molecule has 3 aromatic rings. The Labute approximate surface area is 177 Å². The van der Waals surface area contributed by atoms with Crippen LogP contribution in [0.3, 0.4) is 0 Å². The van der Waals surface area contributed by atoms with Gasteiger partial charge in [-0.3, -0.25) is 4.79 Å². The molecule has 0 aliphatic rings. The van der Waals surface area contributed by atoms with E-state index < -0.39 is 5.82 Å². The molecule has 0 spiro atoms. The normalized spacial score (nSPS) is 10.9. The molecule has 0 radical (unpaired) electrons. The summed E-state index contributed by atoms with van der Waals surface area (Å²) < 4.78 is 29.6. The molecule has 0 atom stereocenters. The number of rotatable bonds is 8. The number of hydrogen-bond acceptors (Lipinski definition) is 6. The van der Waals surface area contributed by atoms with Gasteiger partial charge in [-0.05, 0) is 42.8 Å². The van der Waals surface area contributed by atoms with Crippen molar-refractivity contribution in [3.05, 3.63) is 64.7 Å². The Balaban J connectivity index is 1.63. The van der Waals surface area contributed by atoms with Crippen LogP contribution >= 0.6 is 11.6 Å². The lowest BCUT2D eigenvalue weighted by Crippen LogP contribution is -2.20. The molecule has 0 saturated carbocycles. The van der Waals surface area contributed by atoms with Crippen LogP contribution in [0.5, 0.6) is 11.5 Å².